The van der Waals surface area contributed by atoms with Crippen LogP contribution in [0.2, 0.25) is 4.34 Å². The first-order chi connectivity index (χ1) is 8.60. The summed E-state index contributed by atoms with van der Waals surface area (Å²) in [5.74, 6) is -1.07. The highest BCUT2D eigenvalue weighted by Crippen LogP contribution is 2.29. The highest BCUT2D eigenvalue weighted by atomic mass is 35.5. The minimum Gasteiger partial charge on any atom is -0.312 e. The minimum atomic E-state index is -0.559. The van der Waals surface area contributed by atoms with E-state index in [1.165, 1.54) is 23.5 Å². The summed E-state index contributed by atoms with van der Waals surface area (Å²) in [6.07, 6.45) is 0.458. The summed E-state index contributed by atoms with van der Waals surface area (Å²) in [5, 5.41) is 3.11. The average molecular weight is 288 g/mol. The van der Waals surface area contributed by atoms with E-state index in [4.69, 9.17) is 11.6 Å². The molecule has 1 unspecified atom stereocenters. The molecule has 18 heavy (non-hydrogen) atoms. The van der Waals surface area contributed by atoms with Crippen molar-refractivity contribution in [3.8, 4) is 0 Å². The molecule has 0 bridgehead atoms. The van der Waals surface area contributed by atoms with Gasteiger partial charge in [0.05, 0.1) is 4.34 Å². The highest BCUT2D eigenvalue weighted by molar-refractivity contribution is 7.16. The molecule has 0 aliphatic heterocycles. The summed E-state index contributed by atoms with van der Waals surface area (Å²) in [5.41, 5.74) is 0.486. The molecular formula is C13H12ClF2NS. The van der Waals surface area contributed by atoms with Crippen LogP contribution in [0, 0.1) is 11.6 Å². The smallest absolute Gasteiger partial charge is 0.129 e. The van der Waals surface area contributed by atoms with Crippen LogP contribution in [0.5, 0.6) is 0 Å². The molecule has 1 N–H and O–H groups in total. The van der Waals surface area contributed by atoms with Crippen molar-refractivity contribution in [1.29, 1.82) is 0 Å². The van der Waals surface area contributed by atoms with Gasteiger partial charge in [-0.1, -0.05) is 17.7 Å². The third kappa shape index (κ3) is 3.07. The summed E-state index contributed by atoms with van der Waals surface area (Å²) >= 11 is 7.34. The number of benzene rings is 1. The number of hydrogen-bond acceptors (Lipinski definition) is 2. The maximum atomic E-state index is 13.6. The number of halogens is 3. The Morgan fingerprint density at radius 3 is 2.61 bits per heavy atom. The van der Waals surface area contributed by atoms with Crippen molar-refractivity contribution in [2.45, 2.75) is 12.5 Å². The fourth-order valence-electron chi connectivity index (χ4n) is 1.77. The Morgan fingerprint density at radius 1 is 1.28 bits per heavy atom. The molecule has 2 aromatic rings. The Morgan fingerprint density at radius 2 is 2.06 bits per heavy atom. The second kappa shape index (κ2) is 5.78. The van der Waals surface area contributed by atoms with E-state index in [0.29, 0.717) is 16.3 Å². The van der Waals surface area contributed by atoms with Crippen LogP contribution < -0.4 is 5.32 Å². The second-order valence-electron chi connectivity index (χ2n) is 3.92. The third-order valence-corrected chi connectivity index (χ3v) is 4.07. The van der Waals surface area contributed by atoms with Crippen molar-refractivity contribution in [2.75, 3.05) is 7.05 Å². The summed E-state index contributed by atoms with van der Waals surface area (Å²) in [6.45, 7) is 0. The van der Waals surface area contributed by atoms with Crippen LogP contribution in [0.3, 0.4) is 0 Å². The predicted octanol–water partition coefficient (Wildman–Crippen LogP) is 4.18. The minimum absolute atomic E-state index is 0.0255. The van der Waals surface area contributed by atoms with Crippen LogP contribution in [0.1, 0.15) is 16.5 Å². The Bertz CT molecular complexity index is 542. The molecule has 0 aliphatic rings. The van der Waals surface area contributed by atoms with Gasteiger partial charge < -0.3 is 5.32 Å². The fourth-order valence-corrected chi connectivity index (χ4v) is 2.94. The van der Waals surface area contributed by atoms with E-state index in [0.717, 1.165) is 10.9 Å². The lowest BCUT2D eigenvalue weighted by Gasteiger charge is -2.15. The van der Waals surface area contributed by atoms with E-state index in [2.05, 4.69) is 5.32 Å². The predicted molar refractivity (Wildman–Crippen MR) is 71.2 cm³/mol. The van der Waals surface area contributed by atoms with E-state index in [9.17, 15) is 8.78 Å². The SMILES string of the molecule is CNC(Cc1ccc(F)cc1F)c1ccc(Cl)s1. The van der Waals surface area contributed by atoms with Gasteiger partial charge in [-0.2, -0.15) is 0 Å². The van der Waals surface area contributed by atoms with Crippen molar-refractivity contribution in [3.63, 3.8) is 0 Å². The molecule has 0 spiro atoms. The van der Waals surface area contributed by atoms with Crippen LogP contribution in [0.15, 0.2) is 30.3 Å². The largest absolute Gasteiger partial charge is 0.312 e. The molecule has 1 heterocycles. The quantitative estimate of drug-likeness (QED) is 0.889. The molecule has 5 heteroatoms. The zero-order valence-corrected chi connectivity index (χ0v) is 11.3. The van der Waals surface area contributed by atoms with Crippen molar-refractivity contribution < 1.29 is 8.78 Å². The zero-order valence-electron chi connectivity index (χ0n) is 9.71. The second-order valence-corrected chi connectivity index (χ2v) is 5.67. The number of likely N-dealkylation sites (N-methyl/N-ethyl adjacent to an activating group) is 1. The normalized spacial score (nSPS) is 12.7. The lowest BCUT2D eigenvalue weighted by Crippen LogP contribution is -2.18. The van der Waals surface area contributed by atoms with Gasteiger partial charge in [-0.25, -0.2) is 8.78 Å². The number of nitrogens with one attached hydrogen (secondary N) is 1. The average Bonchev–Trinajstić information content (AvgIpc) is 2.75. The Balaban J connectivity index is 2.20. The topological polar surface area (TPSA) is 12.0 Å². The molecule has 1 atom stereocenters. The molecule has 0 saturated carbocycles. The fraction of sp³-hybridized carbons (Fsp3) is 0.231. The van der Waals surface area contributed by atoms with E-state index < -0.39 is 11.6 Å². The van der Waals surface area contributed by atoms with Gasteiger partial charge in [0.15, 0.2) is 0 Å². The van der Waals surface area contributed by atoms with Crippen LogP contribution in [-0.4, -0.2) is 7.05 Å². The first-order valence-corrected chi connectivity index (χ1v) is 6.66. The van der Waals surface area contributed by atoms with Crippen LogP contribution in [0.25, 0.3) is 0 Å². The van der Waals surface area contributed by atoms with Crippen molar-refractivity contribution in [1.82, 2.24) is 5.32 Å². The highest BCUT2D eigenvalue weighted by Gasteiger charge is 2.15. The molecule has 0 amide bonds. The maximum absolute atomic E-state index is 13.6. The van der Waals surface area contributed by atoms with Gasteiger partial charge in [-0.05, 0) is 37.2 Å². The van der Waals surface area contributed by atoms with Gasteiger partial charge in [0.25, 0.3) is 0 Å². The number of thiophene rings is 1. The Kier molecular flexibility index (Phi) is 4.32. The number of hydrogen-bond donors (Lipinski definition) is 1. The summed E-state index contributed by atoms with van der Waals surface area (Å²) in [7, 11) is 1.81. The molecular weight excluding hydrogens is 276 g/mol. The van der Waals surface area contributed by atoms with Gasteiger partial charge in [0, 0.05) is 17.0 Å². The van der Waals surface area contributed by atoms with Crippen molar-refractivity contribution in [3.05, 3.63) is 56.7 Å². The Labute approximate surface area is 113 Å². The van der Waals surface area contributed by atoms with Crippen LogP contribution in [0.4, 0.5) is 8.78 Å². The monoisotopic (exact) mass is 287 g/mol. The molecule has 1 aromatic carbocycles. The zero-order chi connectivity index (χ0) is 13.1. The van der Waals surface area contributed by atoms with Gasteiger partial charge in [-0.15, -0.1) is 11.3 Å². The first-order valence-electron chi connectivity index (χ1n) is 5.46. The Hall–Kier alpha value is -0.970. The van der Waals surface area contributed by atoms with E-state index in [1.807, 2.05) is 12.1 Å². The lowest BCUT2D eigenvalue weighted by atomic mass is 10.0. The third-order valence-electron chi connectivity index (χ3n) is 2.73. The first kappa shape index (κ1) is 13.5. The van der Waals surface area contributed by atoms with Gasteiger partial charge >= 0.3 is 0 Å². The molecule has 0 fully saturated rings. The van der Waals surface area contributed by atoms with E-state index in [1.54, 1.807) is 7.05 Å². The molecule has 1 aromatic heterocycles. The standard InChI is InChI=1S/C13H12ClF2NS/c1-17-11(12-4-5-13(14)18-12)6-8-2-3-9(15)7-10(8)16/h2-5,7,11,17H,6H2,1H3. The lowest BCUT2D eigenvalue weighted by molar-refractivity contribution is 0.544. The molecule has 0 radical (unpaired) electrons. The molecule has 1 nitrogen and oxygen atoms in total. The van der Waals surface area contributed by atoms with Gasteiger partial charge in [0.2, 0.25) is 0 Å². The molecule has 2 rings (SSSR count). The molecule has 96 valence electrons. The maximum Gasteiger partial charge on any atom is 0.129 e. The van der Waals surface area contributed by atoms with Crippen molar-refractivity contribution in [2.24, 2.45) is 0 Å². The summed E-state index contributed by atoms with van der Waals surface area (Å²) in [6, 6.07) is 7.35. The summed E-state index contributed by atoms with van der Waals surface area (Å²) < 4.78 is 27.1. The van der Waals surface area contributed by atoms with Crippen LogP contribution in [-0.2, 0) is 6.42 Å². The molecule has 0 saturated heterocycles. The van der Waals surface area contributed by atoms with Gasteiger partial charge in [0.1, 0.15) is 11.6 Å². The van der Waals surface area contributed by atoms with Crippen molar-refractivity contribution >= 4 is 22.9 Å². The molecule has 0 aliphatic carbocycles. The van der Waals surface area contributed by atoms with Gasteiger partial charge in [-0.3, -0.25) is 0 Å². The summed E-state index contributed by atoms with van der Waals surface area (Å²) in [4.78, 5) is 1.03. The van der Waals surface area contributed by atoms with Crippen LogP contribution >= 0.6 is 22.9 Å². The number of rotatable bonds is 4. The van der Waals surface area contributed by atoms with E-state index >= 15 is 0 Å². The van der Waals surface area contributed by atoms with E-state index in [-0.39, 0.29) is 6.04 Å².